The largest absolute Gasteiger partial charge is 0.388 e. The van der Waals surface area contributed by atoms with Gasteiger partial charge in [0.25, 0.3) is 0 Å². The molecule has 3 nitrogen and oxygen atoms in total. The van der Waals surface area contributed by atoms with Gasteiger partial charge in [0.2, 0.25) is 5.91 Å². The van der Waals surface area contributed by atoms with Crippen molar-refractivity contribution in [1.29, 1.82) is 0 Å². The maximum atomic E-state index is 11.8. The van der Waals surface area contributed by atoms with Gasteiger partial charge in [0.05, 0.1) is 6.10 Å². The molecule has 1 aromatic rings. The predicted octanol–water partition coefficient (Wildman–Crippen LogP) is 2.64. The van der Waals surface area contributed by atoms with Crippen molar-refractivity contribution in [2.45, 2.75) is 31.8 Å². The second-order valence-electron chi connectivity index (χ2n) is 4.63. The van der Waals surface area contributed by atoms with Gasteiger partial charge >= 0.3 is 0 Å². The molecule has 4 heteroatoms. The molecule has 0 aromatic carbocycles. The zero-order valence-corrected chi connectivity index (χ0v) is 11.2. The number of thiophene rings is 1. The van der Waals surface area contributed by atoms with Gasteiger partial charge in [-0.2, -0.15) is 11.3 Å². The lowest BCUT2D eigenvalue weighted by Gasteiger charge is -2.17. The van der Waals surface area contributed by atoms with Crippen molar-refractivity contribution in [3.05, 3.63) is 34.5 Å². The quantitative estimate of drug-likeness (QED) is 0.804. The summed E-state index contributed by atoms with van der Waals surface area (Å²) in [5, 5.41) is 16.7. The number of carbonyl (C=O) groups is 1. The van der Waals surface area contributed by atoms with Crippen LogP contribution in [0.4, 0.5) is 0 Å². The molecule has 1 aliphatic carbocycles. The molecule has 1 heterocycles. The van der Waals surface area contributed by atoms with Crippen molar-refractivity contribution in [2.75, 3.05) is 6.54 Å². The number of hydrogen-bond donors (Lipinski definition) is 2. The summed E-state index contributed by atoms with van der Waals surface area (Å²) in [5.74, 6) is 0.241. The summed E-state index contributed by atoms with van der Waals surface area (Å²) in [6, 6.07) is 1.92. The molecule has 0 spiro atoms. The van der Waals surface area contributed by atoms with Crippen LogP contribution in [0.1, 0.15) is 37.4 Å². The minimum atomic E-state index is -0.470. The molecule has 1 amide bonds. The van der Waals surface area contributed by atoms with Crippen LogP contribution in [-0.4, -0.2) is 17.6 Å². The van der Waals surface area contributed by atoms with Crippen LogP contribution in [-0.2, 0) is 4.79 Å². The normalized spacial score (nSPS) is 20.6. The van der Waals surface area contributed by atoms with Gasteiger partial charge in [0, 0.05) is 12.5 Å². The Hall–Kier alpha value is -1.13. The molecule has 0 radical (unpaired) electrons. The number of aliphatic hydroxyl groups is 1. The number of rotatable bonds is 5. The third-order valence-electron chi connectivity index (χ3n) is 3.28. The minimum absolute atomic E-state index is 0.119. The van der Waals surface area contributed by atoms with Crippen molar-refractivity contribution in [2.24, 2.45) is 5.92 Å². The van der Waals surface area contributed by atoms with E-state index in [-0.39, 0.29) is 11.8 Å². The van der Waals surface area contributed by atoms with E-state index in [1.54, 1.807) is 11.3 Å². The number of nitrogens with one attached hydrogen (secondary N) is 1. The fourth-order valence-electron chi connectivity index (χ4n) is 2.14. The van der Waals surface area contributed by atoms with Gasteiger partial charge in [0.1, 0.15) is 0 Å². The number of hydrogen-bond acceptors (Lipinski definition) is 3. The molecule has 0 unspecified atom stereocenters. The van der Waals surface area contributed by atoms with E-state index >= 15 is 0 Å². The Morgan fingerprint density at radius 2 is 2.44 bits per heavy atom. The molecular formula is C14H19NO2S. The molecule has 0 saturated carbocycles. The van der Waals surface area contributed by atoms with Gasteiger partial charge in [0.15, 0.2) is 0 Å². The molecule has 0 fully saturated rings. The molecule has 0 saturated heterocycles. The second-order valence-corrected chi connectivity index (χ2v) is 5.41. The van der Waals surface area contributed by atoms with Gasteiger partial charge in [-0.15, -0.1) is 0 Å². The van der Waals surface area contributed by atoms with Gasteiger partial charge in [-0.25, -0.2) is 0 Å². The number of allylic oxidation sites excluding steroid dienone is 2. The Balaban J connectivity index is 1.68. The Bertz CT molecular complexity index is 400. The van der Waals surface area contributed by atoms with Gasteiger partial charge in [-0.3, -0.25) is 4.79 Å². The van der Waals surface area contributed by atoms with Crippen LogP contribution in [0.3, 0.4) is 0 Å². The van der Waals surface area contributed by atoms with Crippen molar-refractivity contribution < 1.29 is 9.90 Å². The highest BCUT2D eigenvalue weighted by Crippen LogP contribution is 2.20. The lowest BCUT2D eigenvalue weighted by molar-refractivity contribution is -0.125. The van der Waals surface area contributed by atoms with E-state index < -0.39 is 6.10 Å². The van der Waals surface area contributed by atoms with Crippen LogP contribution >= 0.6 is 11.3 Å². The van der Waals surface area contributed by atoms with E-state index in [9.17, 15) is 9.90 Å². The molecule has 2 N–H and O–H groups in total. The molecule has 2 rings (SSSR count). The smallest absolute Gasteiger partial charge is 0.223 e. The monoisotopic (exact) mass is 265 g/mol. The number of aliphatic hydroxyl groups excluding tert-OH is 1. The Morgan fingerprint density at radius 3 is 3.11 bits per heavy atom. The first kappa shape index (κ1) is 13.3. The van der Waals surface area contributed by atoms with Crippen LogP contribution in [0, 0.1) is 5.92 Å². The fraction of sp³-hybridized carbons (Fsp3) is 0.500. The standard InChI is InChI=1S/C14H19NO2S/c16-13(12-7-9-18-10-12)6-8-15-14(17)11-4-2-1-3-5-11/h1-2,7,9-11,13,16H,3-6,8H2,(H,15,17)/t11-,13-/m1/s1. The number of amides is 1. The zero-order chi connectivity index (χ0) is 12.8. The first-order valence-electron chi connectivity index (χ1n) is 6.40. The highest BCUT2D eigenvalue weighted by Gasteiger charge is 2.18. The second kappa shape index (κ2) is 6.71. The van der Waals surface area contributed by atoms with E-state index in [1.165, 1.54) is 0 Å². The molecule has 1 aromatic heterocycles. The third-order valence-corrected chi connectivity index (χ3v) is 3.99. The Kier molecular flexibility index (Phi) is 4.96. The van der Waals surface area contributed by atoms with E-state index in [0.29, 0.717) is 13.0 Å². The highest BCUT2D eigenvalue weighted by atomic mass is 32.1. The average molecular weight is 265 g/mol. The average Bonchev–Trinajstić information content (AvgIpc) is 2.93. The Labute approximate surface area is 112 Å². The summed E-state index contributed by atoms with van der Waals surface area (Å²) < 4.78 is 0. The molecule has 1 aliphatic rings. The first-order valence-corrected chi connectivity index (χ1v) is 7.34. The van der Waals surface area contributed by atoms with E-state index in [2.05, 4.69) is 17.5 Å². The van der Waals surface area contributed by atoms with E-state index in [1.807, 2.05) is 16.8 Å². The summed E-state index contributed by atoms with van der Waals surface area (Å²) in [6.45, 7) is 0.538. The topological polar surface area (TPSA) is 49.3 Å². The van der Waals surface area contributed by atoms with Gasteiger partial charge < -0.3 is 10.4 Å². The predicted molar refractivity (Wildman–Crippen MR) is 73.4 cm³/mol. The Morgan fingerprint density at radius 1 is 1.56 bits per heavy atom. The van der Waals surface area contributed by atoms with Gasteiger partial charge in [-0.1, -0.05) is 12.2 Å². The van der Waals surface area contributed by atoms with Crippen molar-refractivity contribution in [1.82, 2.24) is 5.32 Å². The zero-order valence-electron chi connectivity index (χ0n) is 10.3. The maximum Gasteiger partial charge on any atom is 0.223 e. The summed E-state index contributed by atoms with van der Waals surface area (Å²) in [6.07, 6.45) is 7.09. The molecular weight excluding hydrogens is 246 g/mol. The van der Waals surface area contributed by atoms with Crippen molar-refractivity contribution >= 4 is 17.2 Å². The van der Waals surface area contributed by atoms with Crippen LogP contribution in [0.25, 0.3) is 0 Å². The first-order chi connectivity index (χ1) is 8.77. The van der Waals surface area contributed by atoms with E-state index in [4.69, 9.17) is 0 Å². The fourth-order valence-corrected chi connectivity index (χ4v) is 2.85. The number of carbonyl (C=O) groups excluding carboxylic acids is 1. The molecule has 98 valence electrons. The summed E-state index contributed by atoms with van der Waals surface area (Å²) in [4.78, 5) is 11.8. The minimum Gasteiger partial charge on any atom is -0.388 e. The molecule has 18 heavy (non-hydrogen) atoms. The van der Waals surface area contributed by atoms with Crippen LogP contribution in [0.2, 0.25) is 0 Å². The maximum absolute atomic E-state index is 11.8. The molecule has 0 bridgehead atoms. The SMILES string of the molecule is O=C(NCC[C@@H](O)c1ccsc1)[C@@H]1CC=CCC1. The molecule has 2 atom stereocenters. The highest BCUT2D eigenvalue weighted by molar-refractivity contribution is 7.07. The third kappa shape index (κ3) is 3.68. The lowest BCUT2D eigenvalue weighted by Crippen LogP contribution is -2.32. The summed E-state index contributed by atoms with van der Waals surface area (Å²) in [5.41, 5.74) is 0.940. The van der Waals surface area contributed by atoms with Crippen molar-refractivity contribution in [3.8, 4) is 0 Å². The van der Waals surface area contributed by atoms with Crippen molar-refractivity contribution in [3.63, 3.8) is 0 Å². The molecule has 0 aliphatic heterocycles. The summed E-state index contributed by atoms with van der Waals surface area (Å²) >= 11 is 1.58. The van der Waals surface area contributed by atoms with Crippen LogP contribution in [0.5, 0.6) is 0 Å². The van der Waals surface area contributed by atoms with E-state index in [0.717, 1.165) is 24.8 Å². The lowest BCUT2D eigenvalue weighted by atomic mass is 9.93. The van der Waals surface area contributed by atoms with Crippen LogP contribution in [0.15, 0.2) is 29.0 Å². The van der Waals surface area contributed by atoms with Gasteiger partial charge in [-0.05, 0) is 48.1 Å². The van der Waals surface area contributed by atoms with Crippen LogP contribution < -0.4 is 5.32 Å². The summed E-state index contributed by atoms with van der Waals surface area (Å²) in [7, 11) is 0.